The maximum absolute atomic E-state index is 8.92. The molecule has 1 aromatic rings. The van der Waals surface area contributed by atoms with Crippen LogP contribution in [-0.4, -0.2) is 18.2 Å². The number of aliphatic hydroxyl groups is 1. The van der Waals surface area contributed by atoms with E-state index in [-0.39, 0.29) is 6.54 Å². The minimum absolute atomic E-state index is 0.161. The van der Waals surface area contributed by atoms with E-state index in [4.69, 9.17) is 10.6 Å². The van der Waals surface area contributed by atoms with Crippen molar-refractivity contribution in [3.8, 4) is 0 Å². The van der Waals surface area contributed by atoms with Gasteiger partial charge >= 0.3 is 0 Å². The second-order valence-corrected chi connectivity index (χ2v) is 2.08. The van der Waals surface area contributed by atoms with Crippen molar-refractivity contribution >= 4 is 0 Å². The maximum atomic E-state index is 8.92. The predicted molar refractivity (Wildman–Crippen MR) is 45.2 cm³/mol. The summed E-state index contributed by atoms with van der Waals surface area (Å²) in [5.41, 5.74) is 0.825. The summed E-state index contributed by atoms with van der Waals surface area (Å²) in [4.78, 5) is 0. The van der Waals surface area contributed by atoms with Crippen LogP contribution in [0.5, 0.6) is 0 Å². The van der Waals surface area contributed by atoms with Gasteiger partial charge in [0.2, 0.25) is 0 Å². The number of hydrogen-bond acceptors (Lipinski definition) is 2. The summed E-state index contributed by atoms with van der Waals surface area (Å²) >= 11 is 0. The van der Waals surface area contributed by atoms with E-state index < -0.39 is 13.1 Å². The lowest BCUT2D eigenvalue weighted by atomic mass is 10.2. The molecular formula is C9H13NO. The fraction of sp³-hybridized carbons (Fsp3) is 0.333. The molecule has 2 nitrogen and oxygen atoms in total. The SMILES string of the molecule is [2H]C([2H])(O)C([2H])([2H])NCc1ccccc1. The predicted octanol–water partition coefficient (Wildman–Crippen LogP) is 0.769. The van der Waals surface area contributed by atoms with Crippen LogP contribution in [0.3, 0.4) is 0 Å². The van der Waals surface area contributed by atoms with Crippen LogP contribution in [0.1, 0.15) is 11.0 Å². The van der Waals surface area contributed by atoms with Crippen molar-refractivity contribution in [2.24, 2.45) is 0 Å². The second kappa shape index (κ2) is 4.88. The van der Waals surface area contributed by atoms with Crippen LogP contribution < -0.4 is 5.32 Å². The van der Waals surface area contributed by atoms with Gasteiger partial charge in [-0.15, -0.1) is 0 Å². The molecule has 1 rings (SSSR count). The monoisotopic (exact) mass is 155 g/mol. The minimum Gasteiger partial charge on any atom is -0.395 e. The van der Waals surface area contributed by atoms with E-state index in [1.807, 2.05) is 6.07 Å². The highest BCUT2D eigenvalue weighted by Gasteiger charge is 1.87. The smallest absolute Gasteiger partial charge is 0.0577 e. The summed E-state index contributed by atoms with van der Waals surface area (Å²) in [7, 11) is 0. The van der Waals surface area contributed by atoms with Gasteiger partial charge in [0.25, 0.3) is 0 Å². The molecule has 0 amide bonds. The molecule has 60 valence electrons. The molecule has 0 spiro atoms. The van der Waals surface area contributed by atoms with E-state index in [1.54, 1.807) is 24.3 Å². The number of rotatable bonds is 4. The molecule has 0 radical (unpaired) electrons. The molecule has 0 saturated carbocycles. The third-order valence-electron chi connectivity index (χ3n) is 1.28. The highest BCUT2D eigenvalue weighted by Crippen LogP contribution is 1.96. The maximum Gasteiger partial charge on any atom is 0.0577 e. The molecule has 11 heavy (non-hydrogen) atoms. The number of benzene rings is 1. The van der Waals surface area contributed by atoms with Gasteiger partial charge in [-0.05, 0) is 5.56 Å². The van der Waals surface area contributed by atoms with Gasteiger partial charge in [0.05, 0.1) is 9.30 Å². The second-order valence-electron chi connectivity index (χ2n) is 2.08. The lowest BCUT2D eigenvalue weighted by Gasteiger charge is -2.01. The summed E-state index contributed by atoms with van der Waals surface area (Å²) in [6.07, 6.45) is 0. The van der Waals surface area contributed by atoms with E-state index in [1.165, 1.54) is 0 Å². The van der Waals surface area contributed by atoms with E-state index in [2.05, 4.69) is 5.32 Å². The fourth-order valence-corrected chi connectivity index (χ4v) is 0.782. The topological polar surface area (TPSA) is 32.3 Å². The van der Waals surface area contributed by atoms with E-state index in [0.29, 0.717) is 0 Å². The molecule has 0 aromatic heterocycles. The normalized spacial score (nSPS) is 17.9. The van der Waals surface area contributed by atoms with Crippen molar-refractivity contribution in [1.29, 1.82) is 0 Å². The highest BCUT2D eigenvalue weighted by molar-refractivity contribution is 5.14. The number of nitrogens with one attached hydrogen (secondary N) is 1. The van der Waals surface area contributed by atoms with Crippen molar-refractivity contribution in [2.45, 2.75) is 6.54 Å². The van der Waals surface area contributed by atoms with Crippen LogP contribution in [0.2, 0.25) is 0 Å². The zero-order valence-corrected chi connectivity index (χ0v) is 6.04. The molecular weight excluding hydrogens is 138 g/mol. The van der Waals surface area contributed by atoms with Gasteiger partial charge < -0.3 is 10.4 Å². The molecule has 2 heteroatoms. The van der Waals surface area contributed by atoms with E-state index in [0.717, 1.165) is 5.56 Å². The first-order valence-corrected chi connectivity index (χ1v) is 3.34. The Balaban J connectivity index is 2.58. The lowest BCUT2D eigenvalue weighted by molar-refractivity contribution is 0.292. The standard InChI is InChI=1S/C9H13NO/c11-7-6-10-8-9-4-2-1-3-5-9/h1-5,10-11H,6-8H2/i6D2,7D2. The molecule has 0 atom stereocenters. The Morgan fingerprint density at radius 1 is 1.36 bits per heavy atom. The molecule has 0 aliphatic heterocycles. The van der Waals surface area contributed by atoms with Crippen molar-refractivity contribution in [2.75, 3.05) is 13.1 Å². The average molecular weight is 155 g/mol. The lowest BCUT2D eigenvalue weighted by Crippen LogP contribution is -2.17. The van der Waals surface area contributed by atoms with Gasteiger partial charge in [-0.1, -0.05) is 30.3 Å². The third kappa shape index (κ3) is 3.16. The Kier molecular flexibility index (Phi) is 1.88. The largest absolute Gasteiger partial charge is 0.395 e. The van der Waals surface area contributed by atoms with Crippen LogP contribution in [0.15, 0.2) is 30.3 Å². The summed E-state index contributed by atoms with van der Waals surface area (Å²) in [6, 6.07) is 9.02. The fourth-order valence-electron chi connectivity index (χ4n) is 0.782. The Morgan fingerprint density at radius 3 is 2.73 bits per heavy atom. The summed E-state index contributed by atoms with van der Waals surface area (Å²) in [6.45, 7) is -5.21. The first-order chi connectivity index (χ1) is 6.83. The molecule has 0 saturated heterocycles. The van der Waals surface area contributed by atoms with E-state index >= 15 is 0 Å². The van der Waals surface area contributed by atoms with Gasteiger partial charge in [-0.2, -0.15) is 0 Å². The van der Waals surface area contributed by atoms with Gasteiger partial charge in [0, 0.05) is 15.8 Å². The Morgan fingerprint density at radius 2 is 2.09 bits per heavy atom. The van der Waals surface area contributed by atoms with Gasteiger partial charge in [-0.3, -0.25) is 0 Å². The van der Waals surface area contributed by atoms with Crippen molar-refractivity contribution in [3.63, 3.8) is 0 Å². The minimum atomic E-state index is -2.90. The number of hydrogen-bond donors (Lipinski definition) is 2. The summed E-state index contributed by atoms with van der Waals surface area (Å²) in [5.74, 6) is 0. The van der Waals surface area contributed by atoms with Crippen molar-refractivity contribution in [1.82, 2.24) is 5.32 Å². The zero-order chi connectivity index (χ0) is 11.5. The van der Waals surface area contributed by atoms with Crippen LogP contribution in [0, 0.1) is 0 Å². The Labute approximate surface area is 72.5 Å². The summed E-state index contributed by atoms with van der Waals surface area (Å²) in [5, 5.41) is 11.2. The van der Waals surface area contributed by atoms with Crippen LogP contribution >= 0.6 is 0 Å². The summed E-state index contributed by atoms with van der Waals surface area (Å²) < 4.78 is 28.3. The van der Waals surface area contributed by atoms with Crippen LogP contribution in [0.25, 0.3) is 0 Å². The quantitative estimate of drug-likeness (QED) is 0.673. The molecule has 2 N–H and O–H groups in total. The molecule has 0 heterocycles. The molecule has 1 aromatic carbocycles. The average Bonchev–Trinajstić information content (AvgIpc) is 2.15. The molecule has 0 fully saturated rings. The first-order valence-electron chi connectivity index (χ1n) is 5.34. The van der Waals surface area contributed by atoms with Crippen LogP contribution in [-0.2, 0) is 6.54 Å². The zero-order valence-electron chi connectivity index (χ0n) is 10.0. The van der Waals surface area contributed by atoms with Gasteiger partial charge in [0.15, 0.2) is 0 Å². The van der Waals surface area contributed by atoms with Crippen molar-refractivity contribution < 1.29 is 10.6 Å². The molecule has 0 bridgehead atoms. The Hall–Kier alpha value is -0.860. The first kappa shape index (κ1) is 4.24. The third-order valence-corrected chi connectivity index (χ3v) is 1.28. The molecule has 0 unspecified atom stereocenters. The Bertz CT molecular complexity index is 310. The van der Waals surface area contributed by atoms with Crippen molar-refractivity contribution in [3.05, 3.63) is 35.9 Å². The highest BCUT2D eigenvalue weighted by atomic mass is 16.3. The van der Waals surface area contributed by atoms with E-state index in [9.17, 15) is 0 Å². The van der Waals surface area contributed by atoms with Gasteiger partial charge in [0.1, 0.15) is 0 Å². The molecule has 0 aliphatic rings. The van der Waals surface area contributed by atoms with Gasteiger partial charge in [-0.25, -0.2) is 0 Å². The molecule has 0 aliphatic carbocycles. The van der Waals surface area contributed by atoms with Crippen LogP contribution in [0.4, 0.5) is 0 Å².